The third-order valence-electron chi connectivity index (χ3n) is 4.50. The Hall–Kier alpha value is -3.68. The van der Waals surface area contributed by atoms with Crippen molar-refractivity contribution >= 4 is 34.2 Å². The van der Waals surface area contributed by atoms with Gasteiger partial charge < -0.3 is 14.5 Å². The molecule has 1 atom stereocenters. The van der Waals surface area contributed by atoms with Gasteiger partial charge in [0.15, 0.2) is 6.10 Å². The van der Waals surface area contributed by atoms with Crippen molar-refractivity contribution in [3.63, 3.8) is 0 Å². The van der Waals surface area contributed by atoms with Crippen LogP contribution in [-0.4, -0.2) is 22.9 Å². The number of carbonyl (C=O) groups excluding carboxylic acids is 2. The maximum absolute atomic E-state index is 12.3. The van der Waals surface area contributed by atoms with E-state index < -0.39 is 22.9 Å². The molecule has 0 radical (unpaired) electrons. The Morgan fingerprint density at radius 1 is 1.24 bits per heavy atom. The highest BCUT2D eigenvalue weighted by Gasteiger charge is 2.22. The maximum atomic E-state index is 12.3. The van der Waals surface area contributed by atoms with Crippen molar-refractivity contribution in [3.05, 3.63) is 70.0 Å². The number of carbonyl (C=O) groups is 2. The van der Waals surface area contributed by atoms with Crippen LogP contribution in [0.4, 0.5) is 11.4 Å². The highest BCUT2D eigenvalue weighted by molar-refractivity contribution is 5.97. The molecule has 3 rings (SSSR count). The zero-order valence-electron chi connectivity index (χ0n) is 16.0. The molecule has 0 bridgehead atoms. The summed E-state index contributed by atoms with van der Waals surface area (Å²) in [5, 5.41) is 14.3. The van der Waals surface area contributed by atoms with E-state index in [-0.39, 0.29) is 17.8 Å². The average Bonchev–Trinajstić information content (AvgIpc) is 3.09. The molecule has 150 valence electrons. The van der Waals surface area contributed by atoms with Gasteiger partial charge in [0.2, 0.25) is 0 Å². The molecule has 0 saturated heterocycles. The Morgan fingerprint density at radius 3 is 2.72 bits per heavy atom. The number of amides is 1. The molecule has 29 heavy (non-hydrogen) atoms. The van der Waals surface area contributed by atoms with Gasteiger partial charge in [0.25, 0.3) is 11.6 Å². The predicted molar refractivity (Wildman–Crippen MR) is 107 cm³/mol. The molecule has 0 unspecified atom stereocenters. The van der Waals surface area contributed by atoms with E-state index in [2.05, 4.69) is 5.32 Å². The summed E-state index contributed by atoms with van der Waals surface area (Å²) in [6.07, 6.45) is 1.21. The van der Waals surface area contributed by atoms with Gasteiger partial charge in [0.05, 0.1) is 17.6 Å². The average molecular weight is 396 g/mol. The van der Waals surface area contributed by atoms with Crippen molar-refractivity contribution in [2.24, 2.45) is 0 Å². The molecule has 0 aliphatic heterocycles. The van der Waals surface area contributed by atoms with Crippen molar-refractivity contribution < 1.29 is 23.7 Å². The number of nitro benzene ring substituents is 1. The summed E-state index contributed by atoms with van der Waals surface area (Å²) in [5.74, 6) is -1.25. The largest absolute Gasteiger partial charge is 0.464 e. The fourth-order valence-corrected chi connectivity index (χ4v) is 2.91. The summed E-state index contributed by atoms with van der Waals surface area (Å²) in [7, 11) is 0. The number of esters is 1. The molecule has 3 aromatic rings. The van der Waals surface area contributed by atoms with Crippen LogP contribution < -0.4 is 5.32 Å². The standard InChI is InChI=1S/C21H20N2O6/c1-3-14-8-9-16-15(12-28-19(16)10-14)11-20(24)29-13(2)21(25)22-17-6-4-5-7-18(17)23(26)27/h4-10,12-13H,3,11H2,1-2H3,(H,22,25)/t13-/m1/s1. The minimum absolute atomic E-state index is 0.0398. The molecule has 8 nitrogen and oxygen atoms in total. The number of nitrogens with zero attached hydrogens (tertiary/aromatic N) is 1. The third-order valence-corrected chi connectivity index (χ3v) is 4.50. The summed E-state index contributed by atoms with van der Waals surface area (Å²) < 4.78 is 10.7. The summed E-state index contributed by atoms with van der Waals surface area (Å²) >= 11 is 0. The molecule has 8 heteroatoms. The van der Waals surface area contributed by atoms with Gasteiger partial charge in [-0.05, 0) is 31.0 Å². The van der Waals surface area contributed by atoms with E-state index in [1.807, 2.05) is 25.1 Å². The van der Waals surface area contributed by atoms with Crippen LogP contribution in [0, 0.1) is 10.1 Å². The number of hydrogen-bond donors (Lipinski definition) is 1. The summed E-state index contributed by atoms with van der Waals surface area (Å²) in [4.78, 5) is 35.0. The number of nitro groups is 1. The second-order valence-corrected chi connectivity index (χ2v) is 6.52. The SMILES string of the molecule is CCc1ccc2c(CC(=O)O[C@H](C)C(=O)Nc3ccccc3[N+](=O)[O-])coc2c1. The van der Waals surface area contributed by atoms with Crippen LogP contribution in [0.3, 0.4) is 0 Å². The molecule has 1 aromatic heterocycles. The van der Waals surface area contributed by atoms with Gasteiger partial charge in [-0.1, -0.05) is 31.2 Å². The van der Waals surface area contributed by atoms with Crippen molar-refractivity contribution in [2.75, 3.05) is 5.32 Å². The molecule has 2 aromatic carbocycles. The van der Waals surface area contributed by atoms with Crippen molar-refractivity contribution in [1.29, 1.82) is 0 Å². The maximum Gasteiger partial charge on any atom is 0.311 e. The minimum atomic E-state index is -1.12. The first kappa shape index (κ1) is 20.1. The molecule has 0 aliphatic rings. The number of furan rings is 1. The second kappa shape index (κ2) is 8.55. The topological polar surface area (TPSA) is 112 Å². The lowest BCUT2D eigenvalue weighted by Gasteiger charge is -2.13. The monoisotopic (exact) mass is 396 g/mol. The van der Waals surface area contributed by atoms with Gasteiger partial charge in [-0.25, -0.2) is 0 Å². The molecule has 1 heterocycles. The van der Waals surface area contributed by atoms with Gasteiger partial charge in [0, 0.05) is 17.0 Å². The molecular formula is C21H20N2O6. The lowest BCUT2D eigenvalue weighted by Crippen LogP contribution is -2.30. The number of hydrogen-bond acceptors (Lipinski definition) is 6. The molecular weight excluding hydrogens is 376 g/mol. The number of benzene rings is 2. The Kier molecular flexibility index (Phi) is 5.92. The fourth-order valence-electron chi connectivity index (χ4n) is 2.91. The smallest absolute Gasteiger partial charge is 0.311 e. The Balaban J connectivity index is 1.63. The summed E-state index contributed by atoms with van der Waals surface area (Å²) in [6.45, 7) is 3.45. The van der Waals surface area contributed by atoms with Crippen molar-refractivity contribution in [3.8, 4) is 0 Å². The predicted octanol–water partition coefficient (Wildman–Crippen LogP) is 4.02. The molecule has 0 spiro atoms. The highest BCUT2D eigenvalue weighted by atomic mass is 16.6. The van der Waals surface area contributed by atoms with Gasteiger partial charge in [-0.2, -0.15) is 0 Å². The van der Waals surface area contributed by atoms with Crippen LogP contribution in [-0.2, 0) is 27.2 Å². The van der Waals surface area contributed by atoms with E-state index in [0.29, 0.717) is 11.1 Å². The van der Waals surface area contributed by atoms with Crippen molar-refractivity contribution in [1.82, 2.24) is 0 Å². The Labute approximate surface area is 166 Å². The second-order valence-electron chi connectivity index (χ2n) is 6.52. The third kappa shape index (κ3) is 4.60. The molecule has 1 N–H and O–H groups in total. The Morgan fingerprint density at radius 2 is 2.00 bits per heavy atom. The number of nitrogens with one attached hydrogen (secondary N) is 1. The van der Waals surface area contributed by atoms with Crippen LogP contribution >= 0.6 is 0 Å². The number of ether oxygens (including phenoxy) is 1. The van der Waals surface area contributed by atoms with E-state index >= 15 is 0 Å². The molecule has 0 fully saturated rings. The lowest BCUT2D eigenvalue weighted by atomic mass is 10.1. The van der Waals surface area contributed by atoms with Crippen LogP contribution in [0.5, 0.6) is 0 Å². The number of fused-ring (bicyclic) bond motifs is 1. The first-order valence-electron chi connectivity index (χ1n) is 9.11. The first-order chi connectivity index (χ1) is 13.9. The van der Waals surface area contributed by atoms with E-state index in [1.165, 1.54) is 31.4 Å². The van der Waals surface area contributed by atoms with Crippen molar-refractivity contribution in [2.45, 2.75) is 32.8 Å². The highest BCUT2D eigenvalue weighted by Crippen LogP contribution is 2.25. The minimum Gasteiger partial charge on any atom is -0.464 e. The number of rotatable bonds is 7. The van der Waals surface area contributed by atoms with Gasteiger partial charge in [-0.15, -0.1) is 0 Å². The van der Waals surface area contributed by atoms with E-state index in [1.54, 1.807) is 6.07 Å². The van der Waals surface area contributed by atoms with Crippen LogP contribution in [0.2, 0.25) is 0 Å². The molecule has 0 aliphatic carbocycles. The molecule has 0 saturated carbocycles. The fraction of sp³-hybridized carbons (Fsp3) is 0.238. The van der Waals surface area contributed by atoms with Gasteiger partial charge >= 0.3 is 5.97 Å². The van der Waals surface area contributed by atoms with Gasteiger partial charge in [0.1, 0.15) is 11.3 Å². The summed E-state index contributed by atoms with van der Waals surface area (Å²) in [5.41, 5.74) is 2.28. The van der Waals surface area contributed by atoms with Crippen LogP contribution in [0.15, 0.2) is 53.1 Å². The zero-order valence-corrected chi connectivity index (χ0v) is 16.0. The van der Waals surface area contributed by atoms with Crippen LogP contribution in [0.1, 0.15) is 25.0 Å². The number of para-hydroxylation sites is 2. The zero-order chi connectivity index (χ0) is 21.0. The molecule has 1 amide bonds. The lowest BCUT2D eigenvalue weighted by molar-refractivity contribution is -0.383. The normalized spacial score (nSPS) is 11.8. The van der Waals surface area contributed by atoms with E-state index in [0.717, 1.165) is 17.4 Å². The number of anilines is 1. The van der Waals surface area contributed by atoms with Gasteiger partial charge in [-0.3, -0.25) is 19.7 Å². The van der Waals surface area contributed by atoms with E-state index in [4.69, 9.17) is 9.15 Å². The van der Waals surface area contributed by atoms with E-state index in [9.17, 15) is 19.7 Å². The Bertz CT molecular complexity index is 1070. The first-order valence-corrected chi connectivity index (χ1v) is 9.11. The van der Waals surface area contributed by atoms with Crippen LogP contribution in [0.25, 0.3) is 11.0 Å². The number of aryl methyl sites for hydroxylation is 1. The quantitative estimate of drug-likeness (QED) is 0.367. The summed E-state index contributed by atoms with van der Waals surface area (Å²) in [6, 6.07) is 11.5.